The minimum absolute atomic E-state index is 0.0534. The van der Waals surface area contributed by atoms with Crippen molar-refractivity contribution in [3.63, 3.8) is 0 Å². The van der Waals surface area contributed by atoms with Crippen molar-refractivity contribution in [3.8, 4) is 0 Å². The van der Waals surface area contributed by atoms with Crippen LogP contribution in [0.3, 0.4) is 0 Å². The van der Waals surface area contributed by atoms with Crippen LogP contribution < -0.4 is 0 Å². The first-order valence-electron chi connectivity index (χ1n) is 9.85. The fraction of sp³-hybridized carbons (Fsp3) is 0.737. The van der Waals surface area contributed by atoms with Crippen LogP contribution >= 0.6 is 0 Å². The van der Waals surface area contributed by atoms with Crippen molar-refractivity contribution < 1.29 is 22.4 Å². The number of ether oxygens (including phenoxy) is 1. The SMILES string of the molecule is Cc1occc1C(=O)N(C)CCN(C1CCOCC1)C1CCN(S(C)(=O)=O)C1. The molecule has 0 spiro atoms. The van der Waals surface area contributed by atoms with Crippen LogP contribution in [-0.4, -0.2) is 93.2 Å². The third-order valence-corrected chi connectivity index (χ3v) is 7.12. The van der Waals surface area contributed by atoms with Crippen molar-refractivity contribution in [2.24, 2.45) is 0 Å². The lowest BCUT2D eigenvalue weighted by atomic mass is 10.0. The molecular weight excluding hydrogens is 382 g/mol. The number of carbonyl (C=O) groups is 1. The van der Waals surface area contributed by atoms with Gasteiger partial charge >= 0.3 is 0 Å². The van der Waals surface area contributed by atoms with Gasteiger partial charge in [-0.15, -0.1) is 0 Å². The average molecular weight is 414 g/mol. The van der Waals surface area contributed by atoms with Gasteiger partial charge in [0, 0.05) is 58.5 Å². The summed E-state index contributed by atoms with van der Waals surface area (Å²) >= 11 is 0. The van der Waals surface area contributed by atoms with Crippen LogP contribution in [0.4, 0.5) is 0 Å². The first-order valence-corrected chi connectivity index (χ1v) is 11.7. The maximum Gasteiger partial charge on any atom is 0.257 e. The van der Waals surface area contributed by atoms with Crippen molar-refractivity contribution >= 4 is 15.9 Å². The summed E-state index contributed by atoms with van der Waals surface area (Å²) in [6.45, 7) is 5.62. The van der Waals surface area contributed by atoms with Gasteiger partial charge in [0.25, 0.3) is 5.91 Å². The summed E-state index contributed by atoms with van der Waals surface area (Å²) in [6, 6.07) is 2.24. The molecule has 2 saturated heterocycles. The lowest BCUT2D eigenvalue weighted by Crippen LogP contribution is -2.50. The van der Waals surface area contributed by atoms with E-state index in [4.69, 9.17) is 9.15 Å². The Morgan fingerprint density at radius 3 is 2.50 bits per heavy atom. The molecule has 2 aliphatic rings. The summed E-state index contributed by atoms with van der Waals surface area (Å²) in [4.78, 5) is 16.8. The number of furan rings is 1. The number of hydrogen-bond donors (Lipinski definition) is 0. The molecule has 158 valence electrons. The predicted octanol–water partition coefficient (Wildman–Crippen LogP) is 1.17. The molecule has 2 aliphatic heterocycles. The van der Waals surface area contributed by atoms with Gasteiger partial charge in [0.2, 0.25) is 10.0 Å². The molecule has 3 heterocycles. The molecule has 0 bridgehead atoms. The Labute approximate surface area is 167 Å². The molecule has 0 saturated carbocycles. The fourth-order valence-corrected chi connectivity index (χ4v) is 5.02. The first kappa shape index (κ1) is 21.3. The number of amides is 1. The van der Waals surface area contributed by atoms with E-state index in [1.165, 1.54) is 12.5 Å². The van der Waals surface area contributed by atoms with Gasteiger partial charge in [0.1, 0.15) is 5.76 Å². The highest BCUT2D eigenvalue weighted by atomic mass is 32.2. The second-order valence-electron chi connectivity index (χ2n) is 7.76. The number of aryl methyl sites for hydroxylation is 1. The molecule has 1 atom stereocenters. The van der Waals surface area contributed by atoms with E-state index in [0.29, 0.717) is 43.5 Å². The van der Waals surface area contributed by atoms with E-state index in [0.717, 1.165) is 32.5 Å². The Kier molecular flexibility index (Phi) is 6.80. The molecule has 0 N–H and O–H groups in total. The van der Waals surface area contributed by atoms with Crippen LogP contribution in [0.25, 0.3) is 0 Å². The highest BCUT2D eigenvalue weighted by molar-refractivity contribution is 7.88. The van der Waals surface area contributed by atoms with Gasteiger partial charge in [-0.25, -0.2) is 12.7 Å². The molecule has 1 unspecified atom stereocenters. The van der Waals surface area contributed by atoms with Crippen molar-refractivity contribution in [1.82, 2.24) is 14.1 Å². The summed E-state index contributed by atoms with van der Waals surface area (Å²) < 4.78 is 36.2. The van der Waals surface area contributed by atoms with Crippen LogP contribution in [-0.2, 0) is 14.8 Å². The zero-order valence-electron chi connectivity index (χ0n) is 17.0. The Morgan fingerprint density at radius 2 is 1.93 bits per heavy atom. The first-order chi connectivity index (χ1) is 13.3. The van der Waals surface area contributed by atoms with Crippen molar-refractivity contribution in [1.29, 1.82) is 0 Å². The second kappa shape index (κ2) is 8.94. The summed E-state index contributed by atoms with van der Waals surface area (Å²) in [7, 11) is -1.37. The molecule has 0 aromatic carbocycles. The zero-order valence-corrected chi connectivity index (χ0v) is 17.8. The Hall–Kier alpha value is -1.42. The van der Waals surface area contributed by atoms with Crippen LogP contribution in [0.15, 0.2) is 16.7 Å². The molecule has 0 aliphatic carbocycles. The maximum atomic E-state index is 12.7. The molecule has 1 amide bonds. The minimum atomic E-state index is -3.17. The Bertz CT molecular complexity index is 772. The van der Waals surface area contributed by atoms with Crippen LogP contribution in [0, 0.1) is 6.92 Å². The Balaban J connectivity index is 1.66. The number of nitrogens with zero attached hydrogens (tertiary/aromatic N) is 3. The average Bonchev–Trinajstić information content (AvgIpc) is 3.31. The van der Waals surface area contributed by atoms with E-state index >= 15 is 0 Å². The van der Waals surface area contributed by atoms with Gasteiger partial charge in [-0.3, -0.25) is 9.69 Å². The van der Waals surface area contributed by atoms with Gasteiger partial charge in [-0.1, -0.05) is 0 Å². The van der Waals surface area contributed by atoms with Crippen molar-refractivity contribution in [2.45, 2.75) is 38.3 Å². The van der Waals surface area contributed by atoms with Gasteiger partial charge in [-0.05, 0) is 32.3 Å². The van der Waals surface area contributed by atoms with E-state index in [1.54, 1.807) is 29.2 Å². The predicted molar refractivity (Wildman–Crippen MR) is 106 cm³/mol. The normalized spacial score (nSPS) is 22.1. The molecule has 8 nitrogen and oxygen atoms in total. The van der Waals surface area contributed by atoms with Crippen LogP contribution in [0.1, 0.15) is 35.4 Å². The highest BCUT2D eigenvalue weighted by Gasteiger charge is 2.36. The number of carbonyl (C=O) groups excluding carboxylic acids is 1. The van der Waals surface area contributed by atoms with E-state index in [9.17, 15) is 13.2 Å². The smallest absolute Gasteiger partial charge is 0.257 e. The van der Waals surface area contributed by atoms with E-state index in [-0.39, 0.29) is 11.9 Å². The van der Waals surface area contributed by atoms with Gasteiger partial charge < -0.3 is 14.1 Å². The quantitative estimate of drug-likeness (QED) is 0.667. The summed E-state index contributed by atoms with van der Waals surface area (Å²) in [5, 5.41) is 0. The number of hydrogen-bond acceptors (Lipinski definition) is 6. The second-order valence-corrected chi connectivity index (χ2v) is 9.74. The van der Waals surface area contributed by atoms with Crippen LogP contribution in [0.5, 0.6) is 0 Å². The lowest BCUT2D eigenvalue weighted by Gasteiger charge is -2.39. The molecule has 3 rings (SSSR count). The third-order valence-electron chi connectivity index (χ3n) is 5.85. The van der Waals surface area contributed by atoms with Gasteiger partial charge in [-0.2, -0.15) is 0 Å². The van der Waals surface area contributed by atoms with Gasteiger partial charge in [0.05, 0.1) is 18.1 Å². The summed E-state index contributed by atoms with van der Waals surface area (Å²) in [6.07, 6.45) is 5.50. The van der Waals surface area contributed by atoms with Gasteiger partial charge in [0.15, 0.2) is 0 Å². The summed E-state index contributed by atoms with van der Waals surface area (Å²) in [5.41, 5.74) is 0.587. The van der Waals surface area contributed by atoms with Crippen molar-refractivity contribution in [3.05, 3.63) is 23.7 Å². The third kappa shape index (κ3) is 4.94. The lowest BCUT2D eigenvalue weighted by molar-refractivity contribution is 0.0157. The van der Waals surface area contributed by atoms with E-state index in [1.807, 2.05) is 0 Å². The van der Waals surface area contributed by atoms with E-state index in [2.05, 4.69) is 4.90 Å². The molecule has 28 heavy (non-hydrogen) atoms. The van der Waals surface area contributed by atoms with Crippen molar-refractivity contribution in [2.75, 3.05) is 52.7 Å². The maximum absolute atomic E-state index is 12.7. The molecule has 9 heteroatoms. The zero-order chi connectivity index (χ0) is 20.3. The summed E-state index contributed by atoms with van der Waals surface area (Å²) in [5.74, 6) is 0.570. The standard InChI is InChI=1S/C19H31N3O5S/c1-15-18(7-13-27-15)19(23)20(2)9-10-22(16-5-11-26-12-6-16)17-4-8-21(14-17)28(3,24)25/h7,13,16-17H,4-6,8-12,14H2,1-3H3. The number of rotatable bonds is 7. The topological polar surface area (TPSA) is 83.3 Å². The monoisotopic (exact) mass is 413 g/mol. The Morgan fingerprint density at radius 1 is 1.21 bits per heavy atom. The number of sulfonamides is 1. The van der Waals surface area contributed by atoms with Crippen LogP contribution in [0.2, 0.25) is 0 Å². The molecular formula is C19H31N3O5S. The largest absolute Gasteiger partial charge is 0.469 e. The fourth-order valence-electron chi connectivity index (χ4n) is 4.14. The molecule has 0 radical (unpaired) electrons. The molecule has 2 fully saturated rings. The number of likely N-dealkylation sites (N-methyl/N-ethyl adjacent to an activating group) is 1. The molecule has 1 aromatic heterocycles. The molecule has 1 aromatic rings. The highest BCUT2D eigenvalue weighted by Crippen LogP contribution is 2.24. The van der Waals surface area contributed by atoms with E-state index < -0.39 is 10.0 Å². The minimum Gasteiger partial charge on any atom is -0.469 e.